The molecule has 0 aliphatic carbocycles. The summed E-state index contributed by atoms with van der Waals surface area (Å²) in [6, 6.07) is 12.5. The largest absolute Gasteiger partial charge is 0.303 e. The van der Waals surface area contributed by atoms with Crippen molar-refractivity contribution in [2.24, 2.45) is 5.92 Å². The minimum absolute atomic E-state index is 0.265. The van der Waals surface area contributed by atoms with Crippen molar-refractivity contribution in [3.63, 3.8) is 0 Å². The Morgan fingerprint density at radius 3 is 2.44 bits per heavy atom. The Morgan fingerprint density at radius 2 is 1.94 bits per heavy atom. The van der Waals surface area contributed by atoms with E-state index in [0.29, 0.717) is 6.42 Å². The number of nitriles is 1. The third-order valence-electron chi connectivity index (χ3n) is 3.62. The molecule has 0 bridgehead atoms. The number of aldehydes is 1. The van der Waals surface area contributed by atoms with Gasteiger partial charge in [-0.05, 0) is 24.3 Å². The molecular formula is C16H21NO. The van der Waals surface area contributed by atoms with Crippen LogP contribution >= 0.6 is 0 Å². The average molecular weight is 243 g/mol. The van der Waals surface area contributed by atoms with Crippen LogP contribution in [0.1, 0.15) is 45.1 Å². The first-order chi connectivity index (χ1) is 8.67. The number of carbonyl (C=O) groups is 1. The van der Waals surface area contributed by atoms with Crippen molar-refractivity contribution >= 4 is 6.29 Å². The zero-order valence-electron chi connectivity index (χ0n) is 11.2. The lowest BCUT2D eigenvalue weighted by Crippen LogP contribution is -2.30. The highest BCUT2D eigenvalue weighted by Crippen LogP contribution is 2.36. The maximum absolute atomic E-state index is 10.3. The fraction of sp³-hybridized carbons (Fsp3) is 0.500. The van der Waals surface area contributed by atoms with Gasteiger partial charge in [-0.1, -0.05) is 50.6 Å². The summed E-state index contributed by atoms with van der Waals surface area (Å²) in [6.45, 7) is 4.19. The summed E-state index contributed by atoms with van der Waals surface area (Å²) in [6.07, 6.45) is 4.14. The Hall–Kier alpha value is -1.62. The Bertz CT molecular complexity index is 405. The van der Waals surface area contributed by atoms with E-state index in [1.54, 1.807) is 0 Å². The van der Waals surface area contributed by atoms with Gasteiger partial charge in [-0.3, -0.25) is 0 Å². The molecule has 2 heteroatoms. The second kappa shape index (κ2) is 6.96. The van der Waals surface area contributed by atoms with Crippen LogP contribution in [0.25, 0.3) is 0 Å². The Labute approximate surface area is 110 Å². The van der Waals surface area contributed by atoms with Gasteiger partial charge in [0.15, 0.2) is 0 Å². The lowest BCUT2D eigenvalue weighted by atomic mass is 9.69. The van der Waals surface area contributed by atoms with Crippen LogP contribution in [0.3, 0.4) is 0 Å². The van der Waals surface area contributed by atoms with E-state index < -0.39 is 5.41 Å². The lowest BCUT2D eigenvalue weighted by molar-refractivity contribution is -0.107. The molecule has 1 aromatic carbocycles. The van der Waals surface area contributed by atoms with E-state index in [-0.39, 0.29) is 5.92 Å². The highest BCUT2D eigenvalue weighted by molar-refractivity contribution is 5.49. The molecule has 0 amide bonds. The summed E-state index contributed by atoms with van der Waals surface area (Å²) in [4.78, 5) is 10.3. The average Bonchev–Trinajstić information content (AvgIpc) is 2.40. The normalized spacial score (nSPS) is 13.9. The number of rotatable bonds is 7. The van der Waals surface area contributed by atoms with Crippen LogP contribution in [0.2, 0.25) is 0 Å². The van der Waals surface area contributed by atoms with Crippen LogP contribution in [0.15, 0.2) is 30.3 Å². The number of unbranched alkanes of at least 4 members (excludes halogenated alkanes) is 2. The van der Waals surface area contributed by atoms with E-state index in [4.69, 9.17) is 0 Å². The fourth-order valence-corrected chi connectivity index (χ4v) is 2.38. The second-order valence-electron chi connectivity index (χ2n) is 5.02. The van der Waals surface area contributed by atoms with E-state index in [9.17, 15) is 10.1 Å². The number of benzene rings is 1. The van der Waals surface area contributed by atoms with Crippen LogP contribution in [0.5, 0.6) is 0 Å². The molecule has 0 saturated carbocycles. The van der Waals surface area contributed by atoms with Crippen LogP contribution in [-0.4, -0.2) is 6.29 Å². The van der Waals surface area contributed by atoms with Crippen molar-refractivity contribution in [1.82, 2.24) is 0 Å². The van der Waals surface area contributed by atoms with Gasteiger partial charge in [0.05, 0.1) is 11.5 Å². The fourth-order valence-electron chi connectivity index (χ4n) is 2.38. The summed E-state index contributed by atoms with van der Waals surface area (Å²) < 4.78 is 0. The maximum Gasteiger partial charge on any atom is 0.119 e. The van der Waals surface area contributed by atoms with Crippen molar-refractivity contribution in [3.8, 4) is 6.07 Å². The van der Waals surface area contributed by atoms with E-state index in [2.05, 4.69) is 19.9 Å². The molecule has 1 unspecified atom stereocenters. The quantitative estimate of drug-likeness (QED) is 0.539. The van der Waals surface area contributed by atoms with Crippen molar-refractivity contribution in [1.29, 1.82) is 5.26 Å². The highest BCUT2D eigenvalue weighted by atomic mass is 16.1. The molecule has 0 aliphatic rings. The van der Waals surface area contributed by atoms with Crippen LogP contribution in [-0.2, 0) is 10.2 Å². The Balaban J connectivity index is 2.89. The smallest absolute Gasteiger partial charge is 0.119 e. The maximum atomic E-state index is 10.3. The third-order valence-corrected chi connectivity index (χ3v) is 3.62. The zero-order chi connectivity index (χ0) is 13.4. The summed E-state index contributed by atoms with van der Waals surface area (Å²) in [7, 11) is 0. The number of nitrogens with zero attached hydrogens (tertiary/aromatic N) is 1. The SMILES string of the molecule is CC(C)C(C#N)(CCCCC=O)c1ccccc1. The van der Waals surface area contributed by atoms with Gasteiger partial charge >= 0.3 is 0 Å². The second-order valence-corrected chi connectivity index (χ2v) is 5.02. The van der Waals surface area contributed by atoms with Gasteiger partial charge in [-0.25, -0.2) is 0 Å². The van der Waals surface area contributed by atoms with Gasteiger partial charge < -0.3 is 4.79 Å². The molecule has 1 atom stereocenters. The molecule has 2 nitrogen and oxygen atoms in total. The Morgan fingerprint density at radius 1 is 1.28 bits per heavy atom. The molecule has 0 heterocycles. The topological polar surface area (TPSA) is 40.9 Å². The lowest BCUT2D eigenvalue weighted by Gasteiger charge is -2.31. The first kappa shape index (κ1) is 14.4. The van der Waals surface area contributed by atoms with Gasteiger partial charge in [0.1, 0.15) is 6.29 Å². The zero-order valence-corrected chi connectivity index (χ0v) is 11.2. The number of hydrogen-bond donors (Lipinski definition) is 0. The van der Waals surface area contributed by atoms with Gasteiger partial charge in [0.2, 0.25) is 0 Å². The van der Waals surface area contributed by atoms with Gasteiger partial charge in [0, 0.05) is 6.42 Å². The molecule has 96 valence electrons. The predicted molar refractivity (Wildman–Crippen MR) is 73.1 cm³/mol. The van der Waals surface area contributed by atoms with Gasteiger partial charge in [-0.2, -0.15) is 5.26 Å². The van der Waals surface area contributed by atoms with E-state index >= 15 is 0 Å². The summed E-state index contributed by atoms with van der Waals surface area (Å²) >= 11 is 0. The summed E-state index contributed by atoms with van der Waals surface area (Å²) in [5.74, 6) is 0.265. The number of hydrogen-bond acceptors (Lipinski definition) is 2. The van der Waals surface area contributed by atoms with Crippen molar-refractivity contribution in [2.75, 3.05) is 0 Å². The minimum atomic E-state index is -0.426. The monoisotopic (exact) mass is 243 g/mol. The van der Waals surface area contributed by atoms with Crippen molar-refractivity contribution < 1.29 is 4.79 Å². The molecule has 0 aromatic heterocycles. The molecule has 0 saturated heterocycles. The van der Waals surface area contributed by atoms with E-state index in [0.717, 1.165) is 31.1 Å². The third kappa shape index (κ3) is 3.20. The first-order valence-corrected chi connectivity index (χ1v) is 6.58. The molecule has 0 fully saturated rings. The van der Waals surface area contributed by atoms with Crippen LogP contribution in [0.4, 0.5) is 0 Å². The van der Waals surface area contributed by atoms with Gasteiger partial charge in [-0.15, -0.1) is 0 Å². The van der Waals surface area contributed by atoms with Crippen LogP contribution in [0, 0.1) is 17.2 Å². The summed E-state index contributed by atoms with van der Waals surface area (Å²) in [5.41, 5.74) is 0.665. The van der Waals surface area contributed by atoms with Crippen molar-refractivity contribution in [3.05, 3.63) is 35.9 Å². The molecule has 1 rings (SSSR count). The molecule has 0 radical (unpaired) electrons. The van der Waals surface area contributed by atoms with Gasteiger partial charge in [0.25, 0.3) is 0 Å². The van der Waals surface area contributed by atoms with Crippen LogP contribution < -0.4 is 0 Å². The van der Waals surface area contributed by atoms with E-state index in [1.165, 1.54) is 0 Å². The number of carbonyl (C=O) groups excluding carboxylic acids is 1. The molecule has 0 aliphatic heterocycles. The minimum Gasteiger partial charge on any atom is -0.303 e. The molecule has 18 heavy (non-hydrogen) atoms. The highest BCUT2D eigenvalue weighted by Gasteiger charge is 2.35. The van der Waals surface area contributed by atoms with E-state index in [1.807, 2.05) is 30.3 Å². The Kier molecular flexibility index (Phi) is 5.58. The molecule has 0 N–H and O–H groups in total. The molecule has 1 aromatic rings. The predicted octanol–water partition coefficient (Wildman–Crippen LogP) is 3.86. The molecule has 0 spiro atoms. The van der Waals surface area contributed by atoms with Crippen molar-refractivity contribution in [2.45, 2.75) is 44.9 Å². The molecular weight excluding hydrogens is 222 g/mol. The standard InChI is InChI=1S/C16H21NO/c1-14(2)16(13-17,11-7-4-8-12-18)15-9-5-3-6-10-15/h3,5-6,9-10,12,14H,4,7-8,11H2,1-2H3. The summed E-state index contributed by atoms with van der Waals surface area (Å²) in [5, 5.41) is 9.64. The first-order valence-electron chi connectivity index (χ1n) is 6.58.